The van der Waals surface area contributed by atoms with Crippen molar-refractivity contribution < 1.29 is 19.5 Å². The fourth-order valence-electron chi connectivity index (χ4n) is 2.21. The quantitative estimate of drug-likeness (QED) is 0.661. The van der Waals surface area contributed by atoms with E-state index < -0.39 is 11.9 Å². The number of halogens is 1. The smallest absolute Gasteiger partial charge is 0.345 e. The maximum absolute atomic E-state index is 12.4. The Morgan fingerprint density at radius 3 is 2.54 bits per heavy atom. The van der Waals surface area contributed by atoms with E-state index in [-0.39, 0.29) is 33.8 Å². The maximum Gasteiger partial charge on any atom is 0.345 e. The lowest BCUT2D eigenvalue weighted by Gasteiger charge is -2.10. The molecule has 2 rings (SSSR count). The Morgan fingerprint density at radius 1 is 1.19 bits per heavy atom. The van der Waals surface area contributed by atoms with Gasteiger partial charge in [-0.15, -0.1) is 11.3 Å². The van der Waals surface area contributed by atoms with Gasteiger partial charge in [0.25, 0.3) is 5.91 Å². The minimum atomic E-state index is -1.000. The van der Waals surface area contributed by atoms with Crippen molar-refractivity contribution in [3.8, 4) is 0 Å². The summed E-state index contributed by atoms with van der Waals surface area (Å²) in [6, 6.07) is 7.85. The van der Waals surface area contributed by atoms with Gasteiger partial charge in [0.15, 0.2) is 0 Å². The Bertz CT molecular complexity index is 832. The third-order valence-corrected chi connectivity index (χ3v) is 4.79. The summed E-state index contributed by atoms with van der Waals surface area (Å²) in [6.45, 7) is 4.08. The van der Waals surface area contributed by atoms with Crippen LogP contribution in [0.2, 0.25) is 5.02 Å². The van der Waals surface area contributed by atoms with Gasteiger partial charge >= 0.3 is 5.97 Å². The van der Waals surface area contributed by atoms with Gasteiger partial charge in [-0.2, -0.15) is 0 Å². The van der Waals surface area contributed by atoms with E-state index in [1.54, 1.807) is 18.2 Å². The van der Waals surface area contributed by atoms with Crippen LogP contribution in [0.1, 0.15) is 45.2 Å². The molecule has 0 spiro atoms. The first-order valence-corrected chi connectivity index (χ1v) is 9.15. The molecule has 0 radical (unpaired) electrons. The molecule has 0 saturated carbocycles. The van der Waals surface area contributed by atoms with Crippen molar-refractivity contribution in [3.63, 3.8) is 0 Å². The molecule has 138 valence electrons. The van der Waals surface area contributed by atoms with Gasteiger partial charge in [0.1, 0.15) is 4.88 Å². The van der Waals surface area contributed by atoms with Crippen molar-refractivity contribution in [1.82, 2.24) is 5.32 Å². The third kappa shape index (κ3) is 5.57. The highest BCUT2D eigenvalue weighted by atomic mass is 35.5. The molecule has 0 aliphatic heterocycles. The number of carbonyl (C=O) groups is 3. The van der Waals surface area contributed by atoms with Crippen molar-refractivity contribution in [2.75, 3.05) is 5.32 Å². The highest BCUT2D eigenvalue weighted by Gasteiger charge is 2.14. The lowest BCUT2D eigenvalue weighted by atomic mass is 10.1. The van der Waals surface area contributed by atoms with Crippen molar-refractivity contribution in [2.45, 2.75) is 26.8 Å². The van der Waals surface area contributed by atoms with E-state index in [0.29, 0.717) is 17.0 Å². The molecular formula is C18H19ClN2O4S. The molecular weight excluding hydrogens is 376 g/mol. The zero-order chi connectivity index (χ0) is 19.3. The average molecular weight is 395 g/mol. The SMILES string of the molecule is CC(C)CC(=O)Nc1ccc(Cl)c(C(=O)NCc2ccc(C(=O)O)s2)c1. The van der Waals surface area contributed by atoms with Gasteiger partial charge in [-0.25, -0.2) is 4.79 Å². The molecule has 0 atom stereocenters. The molecule has 3 N–H and O–H groups in total. The predicted octanol–water partition coefficient (Wildman–Crippen LogP) is 4.01. The van der Waals surface area contributed by atoms with Gasteiger partial charge in [0.05, 0.1) is 17.1 Å². The van der Waals surface area contributed by atoms with Gasteiger partial charge in [-0.05, 0) is 36.2 Å². The van der Waals surface area contributed by atoms with Crippen molar-refractivity contribution in [3.05, 3.63) is 50.7 Å². The summed E-state index contributed by atoms with van der Waals surface area (Å²) >= 11 is 7.19. The van der Waals surface area contributed by atoms with Crippen LogP contribution in [0.5, 0.6) is 0 Å². The molecule has 0 saturated heterocycles. The molecule has 0 aliphatic rings. The van der Waals surface area contributed by atoms with E-state index in [4.69, 9.17) is 16.7 Å². The lowest BCUT2D eigenvalue weighted by molar-refractivity contribution is -0.116. The summed E-state index contributed by atoms with van der Waals surface area (Å²) in [5.41, 5.74) is 0.735. The molecule has 2 amide bonds. The van der Waals surface area contributed by atoms with Crippen LogP contribution >= 0.6 is 22.9 Å². The normalized spacial score (nSPS) is 10.6. The molecule has 1 heterocycles. The largest absolute Gasteiger partial charge is 0.477 e. The first-order valence-electron chi connectivity index (χ1n) is 7.96. The summed E-state index contributed by atoms with van der Waals surface area (Å²) in [4.78, 5) is 36.0. The van der Waals surface area contributed by atoms with Gasteiger partial charge < -0.3 is 15.7 Å². The Morgan fingerprint density at radius 2 is 1.92 bits per heavy atom. The highest BCUT2D eigenvalue weighted by molar-refractivity contribution is 7.13. The second-order valence-corrected chi connectivity index (χ2v) is 7.67. The highest BCUT2D eigenvalue weighted by Crippen LogP contribution is 2.22. The number of anilines is 1. The van der Waals surface area contributed by atoms with E-state index in [9.17, 15) is 14.4 Å². The number of hydrogen-bond acceptors (Lipinski definition) is 4. The number of benzene rings is 1. The minimum Gasteiger partial charge on any atom is -0.477 e. The molecule has 0 bridgehead atoms. The van der Waals surface area contributed by atoms with Crippen LogP contribution < -0.4 is 10.6 Å². The molecule has 0 unspecified atom stereocenters. The van der Waals surface area contributed by atoms with E-state index in [0.717, 1.165) is 11.3 Å². The van der Waals surface area contributed by atoms with Gasteiger partial charge in [0, 0.05) is 17.0 Å². The monoisotopic (exact) mass is 394 g/mol. The Balaban J connectivity index is 2.04. The van der Waals surface area contributed by atoms with Crippen LogP contribution in [-0.4, -0.2) is 22.9 Å². The minimum absolute atomic E-state index is 0.131. The van der Waals surface area contributed by atoms with E-state index in [2.05, 4.69) is 10.6 Å². The number of thiophene rings is 1. The maximum atomic E-state index is 12.4. The van der Waals surface area contributed by atoms with Gasteiger partial charge in [-0.3, -0.25) is 9.59 Å². The van der Waals surface area contributed by atoms with E-state index in [1.807, 2.05) is 13.8 Å². The van der Waals surface area contributed by atoms with E-state index in [1.165, 1.54) is 12.1 Å². The van der Waals surface area contributed by atoms with Crippen LogP contribution in [0.3, 0.4) is 0 Å². The molecule has 1 aromatic heterocycles. The molecule has 2 aromatic rings. The van der Waals surface area contributed by atoms with Crippen LogP contribution in [0, 0.1) is 5.92 Å². The van der Waals surface area contributed by atoms with Crippen LogP contribution in [0.15, 0.2) is 30.3 Å². The number of nitrogens with one attached hydrogen (secondary N) is 2. The van der Waals surface area contributed by atoms with E-state index >= 15 is 0 Å². The number of hydrogen-bond donors (Lipinski definition) is 3. The summed E-state index contributed by atoms with van der Waals surface area (Å²) in [6.07, 6.45) is 0.383. The van der Waals surface area contributed by atoms with Crippen molar-refractivity contribution in [2.24, 2.45) is 5.92 Å². The predicted molar refractivity (Wildman–Crippen MR) is 102 cm³/mol. The Labute approximate surface area is 160 Å². The fraction of sp³-hybridized carbons (Fsp3) is 0.278. The number of carbonyl (C=O) groups excluding carboxylic acids is 2. The topological polar surface area (TPSA) is 95.5 Å². The number of aromatic carboxylic acids is 1. The summed E-state index contributed by atoms with van der Waals surface area (Å²) < 4.78 is 0. The molecule has 0 aliphatic carbocycles. The number of amides is 2. The number of carboxylic acids is 1. The second-order valence-electron chi connectivity index (χ2n) is 6.09. The van der Waals surface area contributed by atoms with Crippen LogP contribution in [0.25, 0.3) is 0 Å². The number of carboxylic acid groups (broad SMARTS) is 1. The second kappa shape index (κ2) is 8.82. The zero-order valence-corrected chi connectivity index (χ0v) is 15.9. The zero-order valence-electron chi connectivity index (χ0n) is 14.3. The summed E-state index contributed by atoms with van der Waals surface area (Å²) in [5.74, 6) is -1.30. The van der Waals surface area contributed by atoms with Crippen molar-refractivity contribution >= 4 is 46.4 Å². The molecule has 0 fully saturated rings. The molecule has 1 aromatic carbocycles. The Kier molecular flexibility index (Phi) is 6.76. The molecule has 26 heavy (non-hydrogen) atoms. The standard InChI is InChI=1S/C18H19ClN2O4S/c1-10(2)7-16(22)21-11-3-5-14(19)13(8-11)17(23)20-9-12-4-6-15(26-12)18(24)25/h3-6,8,10H,7,9H2,1-2H3,(H,20,23)(H,21,22)(H,24,25). The van der Waals surface area contributed by atoms with Crippen LogP contribution in [0.4, 0.5) is 5.69 Å². The lowest BCUT2D eigenvalue weighted by Crippen LogP contribution is -2.23. The summed E-state index contributed by atoms with van der Waals surface area (Å²) in [5, 5.41) is 14.6. The van der Waals surface area contributed by atoms with Gasteiger partial charge in [0.2, 0.25) is 5.91 Å². The molecule has 6 nitrogen and oxygen atoms in total. The first kappa shape index (κ1) is 19.9. The van der Waals surface area contributed by atoms with Crippen molar-refractivity contribution in [1.29, 1.82) is 0 Å². The van der Waals surface area contributed by atoms with Gasteiger partial charge in [-0.1, -0.05) is 25.4 Å². The third-order valence-electron chi connectivity index (χ3n) is 3.38. The summed E-state index contributed by atoms with van der Waals surface area (Å²) in [7, 11) is 0. The number of rotatable bonds is 7. The fourth-order valence-corrected chi connectivity index (χ4v) is 3.20. The van der Waals surface area contributed by atoms with Crippen LogP contribution in [-0.2, 0) is 11.3 Å². The first-order chi connectivity index (χ1) is 12.3. The average Bonchev–Trinajstić information content (AvgIpc) is 3.03. The Hall–Kier alpha value is -2.38. The molecule has 8 heteroatoms.